The summed E-state index contributed by atoms with van der Waals surface area (Å²) in [4.78, 5) is 4.15. The molecule has 0 aromatic carbocycles. The van der Waals surface area contributed by atoms with Crippen LogP contribution in [0.5, 0.6) is 0 Å². The number of ether oxygens (including phenoxy) is 2. The number of aromatic nitrogens is 1. The highest BCUT2D eigenvalue weighted by molar-refractivity contribution is 6.31. The van der Waals surface area contributed by atoms with Gasteiger partial charge in [-0.05, 0) is 6.07 Å². The Kier molecular flexibility index (Phi) is 2.86. The molecule has 0 spiro atoms. The first kappa shape index (κ1) is 9.71. The van der Waals surface area contributed by atoms with E-state index < -0.39 is 6.29 Å². The summed E-state index contributed by atoms with van der Waals surface area (Å²) in [5.74, 6) is 0.699. The predicted octanol–water partition coefficient (Wildman–Crippen LogP) is 1.82. The van der Waals surface area contributed by atoms with Crippen LogP contribution in [0.4, 0.5) is 5.82 Å². The number of halogens is 1. The van der Waals surface area contributed by atoms with E-state index in [1.54, 1.807) is 19.3 Å². The van der Waals surface area contributed by atoms with E-state index in [9.17, 15) is 0 Å². The van der Waals surface area contributed by atoms with E-state index in [0.29, 0.717) is 24.1 Å². The van der Waals surface area contributed by atoms with Crippen molar-refractivity contribution in [2.24, 2.45) is 0 Å². The van der Waals surface area contributed by atoms with Crippen molar-refractivity contribution in [3.8, 4) is 0 Å². The Morgan fingerprint density at radius 2 is 2.21 bits per heavy atom. The molecule has 2 rings (SSSR count). The van der Waals surface area contributed by atoms with Crippen LogP contribution in [0.2, 0.25) is 5.02 Å². The SMILES string of the molecule is CNc1nccc(Cl)c1C1OCCO1. The molecule has 0 aliphatic carbocycles. The van der Waals surface area contributed by atoms with Crippen molar-refractivity contribution in [1.82, 2.24) is 4.98 Å². The van der Waals surface area contributed by atoms with Crippen LogP contribution < -0.4 is 5.32 Å². The van der Waals surface area contributed by atoms with Gasteiger partial charge in [0.2, 0.25) is 0 Å². The summed E-state index contributed by atoms with van der Waals surface area (Å²) in [6.45, 7) is 1.19. The van der Waals surface area contributed by atoms with Crippen LogP contribution in [0, 0.1) is 0 Å². The van der Waals surface area contributed by atoms with E-state index in [2.05, 4.69) is 10.3 Å². The predicted molar refractivity (Wildman–Crippen MR) is 53.4 cm³/mol. The fourth-order valence-corrected chi connectivity index (χ4v) is 1.63. The molecule has 4 nitrogen and oxygen atoms in total. The van der Waals surface area contributed by atoms with Crippen LogP contribution in [0.15, 0.2) is 12.3 Å². The maximum Gasteiger partial charge on any atom is 0.189 e. The minimum Gasteiger partial charge on any atom is -0.373 e. The molecule has 0 unspecified atom stereocenters. The van der Waals surface area contributed by atoms with Gasteiger partial charge in [-0.25, -0.2) is 4.98 Å². The summed E-state index contributed by atoms with van der Waals surface area (Å²) in [5, 5.41) is 3.57. The highest BCUT2D eigenvalue weighted by Crippen LogP contribution is 2.33. The van der Waals surface area contributed by atoms with Crippen molar-refractivity contribution in [2.45, 2.75) is 6.29 Å². The number of nitrogens with one attached hydrogen (secondary N) is 1. The van der Waals surface area contributed by atoms with E-state index in [4.69, 9.17) is 21.1 Å². The minimum atomic E-state index is -0.390. The molecule has 14 heavy (non-hydrogen) atoms. The molecule has 0 radical (unpaired) electrons. The van der Waals surface area contributed by atoms with Crippen molar-refractivity contribution in [1.29, 1.82) is 0 Å². The molecule has 1 saturated heterocycles. The summed E-state index contributed by atoms with van der Waals surface area (Å²) in [6.07, 6.45) is 1.26. The van der Waals surface area contributed by atoms with Crippen LogP contribution in [0.3, 0.4) is 0 Å². The average molecular weight is 215 g/mol. The second-order valence-electron chi connectivity index (χ2n) is 2.88. The quantitative estimate of drug-likeness (QED) is 0.816. The van der Waals surface area contributed by atoms with Crippen molar-refractivity contribution in [3.63, 3.8) is 0 Å². The number of rotatable bonds is 2. The summed E-state index contributed by atoms with van der Waals surface area (Å²) < 4.78 is 10.8. The van der Waals surface area contributed by atoms with E-state index in [1.165, 1.54) is 0 Å². The number of hydrogen-bond acceptors (Lipinski definition) is 4. The lowest BCUT2D eigenvalue weighted by molar-refractivity contribution is -0.0436. The standard InChI is InChI=1S/C9H11ClN2O2/c1-11-8-7(6(10)2-3-12-8)9-13-4-5-14-9/h2-3,9H,4-5H2,1H3,(H,11,12). The molecular formula is C9H11ClN2O2. The maximum atomic E-state index is 6.05. The molecule has 1 fully saturated rings. The average Bonchev–Trinajstić information content (AvgIpc) is 2.70. The van der Waals surface area contributed by atoms with Gasteiger partial charge in [-0.2, -0.15) is 0 Å². The van der Waals surface area contributed by atoms with Crippen LogP contribution in [0.25, 0.3) is 0 Å². The topological polar surface area (TPSA) is 43.4 Å². The lowest BCUT2D eigenvalue weighted by Crippen LogP contribution is -2.05. The molecule has 1 aliphatic rings. The van der Waals surface area contributed by atoms with Gasteiger partial charge in [0.25, 0.3) is 0 Å². The Hall–Kier alpha value is -0.840. The van der Waals surface area contributed by atoms with E-state index in [1.807, 2.05) is 0 Å². The van der Waals surface area contributed by atoms with E-state index in [-0.39, 0.29) is 0 Å². The first-order chi connectivity index (χ1) is 6.83. The monoisotopic (exact) mass is 214 g/mol. The molecule has 0 atom stereocenters. The minimum absolute atomic E-state index is 0.390. The molecule has 1 aromatic rings. The Morgan fingerprint density at radius 1 is 1.50 bits per heavy atom. The number of anilines is 1. The summed E-state index contributed by atoms with van der Waals surface area (Å²) in [6, 6.07) is 1.72. The molecule has 76 valence electrons. The highest BCUT2D eigenvalue weighted by atomic mass is 35.5. The van der Waals surface area contributed by atoms with Gasteiger partial charge in [-0.15, -0.1) is 0 Å². The van der Waals surface area contributed by atoms with Gasteiger partial charge in [0, 0.05) is 13.2 Å². The van der Waals surface area contributed by atoms with Gasteiger partial charge in [0.05, 0.1) is 23.8 Å². The Balaban J connectivity index is 2.37. The zero-order valence-electron chi connectivity index (χ0n) is 7.79. The zero-order chi connectivity index (χ0) is 9.97. The maximum absolute atomic E-state index is 6.05. The molecule has 1 aliphatic heterocycles. The van der Waals surface area contributed by atoms with Gasteiger partial charge in [0.15, 0.2) is 6.29 Å². The summed E-state index contributed by atoms with van der Waals surface area (Å²) in [7, 11) is 1.79. The van der Waals surface area contributed by atoms with Crippen molar-refractivity contribution >= 4 is 17.4 Å². The molecule has 0 amide bonds. The van der Waals surface area contributed by atoms with Crippen molar-refractivity contribution in [2.75, 3.05) is 25.6 Å². The fourth-order valence-electron chi connectivity index (χ4n) is 1.40. The second-order valence-corrected chi connectivity index (χ2v) is 3.29. The Labute approximate surface area is 87.2 Å². The lowest BCUT2D eigenvalue weighted by Gasteiger charge is -2.14. The zero-order valence-corrected chi connectivity index (χ0v) is 8.54. The Bertz CT molecular complexity index is 327. The van der Waals surface area contributed by atoms with Crippen LogP contribution in [-0.4, -0.2) is 25.2 Å². The molecular weight excluding hydrogens is 204 g/mol. The molecule has 0 saturated carbocycles. The third kappa shape index (κ3) is 1.68. The molecule has 1 aromatic heterocycles. The first-order valence-corrected chi connectivity index (χ1v) is 4.76. The number of hydrogen-bond donors (Lipinski definition) is 1. The highest BCUT2D eigenvalue weighted by Gasteiger charge is 2.24. The third-order valence-corrected chi connectivity index (χ3v) is 2.36. The molecule has 0 bridgehead atoms. The van der Waals surface area contributed by atoms with Crippen LogP contribution in [-0.2, 0) is 9.47 Å². The van der Waals surface area contributed by atoms with Crippen molar-refractivity contribution < 1.29 is 9.47 Å². The van der Waals surface area contributed by atoms with E-state index >= 15 is 0 Å². The molecule has 1 N–H and O–H groups in total. The normalized spacial score (nSPS) is 17.3. The van der Waals surface area contributed by atoms with Crippen molar-refractivity contribution in [3.05, 3.63) is 22.8 Å². The number of pyridine rings is 1. The largest absolute Gasteiger partial charge is 0.373 e. The second kappa shape index (κ2) is 4.13. The fraction of sp³-hybridized carbons (Fsp3) is 0.444. The molecule has 2 heterocycles. The van der Waals surface area contributed by atoms with Crippen LogP contribution in [0.1, 0.15) is 11.9 Å². The molecule has 5 heteroatoms. The van der Waals surface area contributed by atoms with Gasteiger partial charge in [-0.1, -0.05) is 11.6 Å². The van der Waals surface area contributed by atoms with Gasteiger partial charge in [-0.3, -0.25) is 0 Å². The summed E-state index contributed by atoms with van der Waals surface area (Å²) >= 11 is 6.05. The third-order valence-electron chi connectivity index (χ3n) is 2.03. The van der Waals surface area contributed by atoms with Gasteiger partial charge < -0.3 is 14.8 Å². The summed E-state index contributed by atoms with van der Waals surface area (Å²) in [5.41, 5.74) is 0.772. The first-order valence-electron chi connectivity index (χ1n) is 4.38. The van der Waals surface area contributed by atoms with E-state index in [0.717, 1.165) is 5.56 Å². The Morgan fingerprint density at radius 3 is 2.86 bits per heavy atom. The number of nitrogens with zero attached hydrogens (tertiary/aromatic N) is 1. The van der Waals surface area contributed by atoms with Gasteiger partial charge in [0.1, 0.15) is 5.82 Å². The smallest absolute Gasteiger partial charge is 0.189 e. The van der Waals surface area contributed by atoms with Crippen LogP contribution >= 0.6 is 11.6 Å². The lowest BCUT2D eigenvalue weighted by atomic mass is 10.2. The van der Waals surface area contributed by atoms with Gasteiger partial charge >= 0.3 is 0 Å².